The van der Waals surface area contributed by atoms with Crippen LogP contribution in [0.15, 0.2) is 0 Å². The topological polar surface area (TPSA) is 49.3 Å². The predicted molar refractivity (Wildman–Crippen MR) is 79.2 cm³/mol. The Balaban J connectivity index is 2.44. The van der Waals surface area contributed by atoms with Gasteiger partial charge >= 0.3 is 5.97 Å². The minimum atomic E-state index is -0.627. The van der Waals surface area contributed by atoms with E-state index in [1.54, 1.807) is 0 Å². The lowest BCUT2D eigenvalue weighted by Gasteiger charge is -2.46. The van der Waals surface area contributed by atoms with E-state index in [0.717, 1.165) is 19.4 Å². The molecule has 0 aliphatic heterocycles. The third kappa shape index (κ3) is 4.20. The molecule has 0 aromatic rings. The molecule has 3 nitrogen and oxygen atoms in total. The molecule has 3 unspecified atom stereocenters. The molecular formula is C16H31NO2. The molecular weight excluding hydrogens is 238 g/mol. The molecule has 0 heterocycles. The van der Waals surface area contributed by atoms with Gasteiger partial charge in [-0.2, -0.15) is 0 Å². The van der Waals surface area contributed by atoms with Crippen molar-refractivity contribution >= 4 is 5.97 Å². The lowest BCUT2D eigenvalue weighted by molar-refractivity contribution is -0.150. The third-order valence-corrected chi connectivity index (χ3v) is 5.18. The standard InChI is InChI=1S/C16H31NO2/c1-5-6-7-8-11-17-14-10-9-13(15(18)19)16(3,4)12(14)2/h12-14,17H,5-11H2,1-4H3,(H,18,19). The average molecular weight is 269 g/mol. The molecule has 0 saturated heterocycles. The number of aliphatic carboxylic acids is 1. The molecule has 0 spiro atoms. The molecule has 1 aliphatic rings. The predicted octanol–water partition coefficient (Wildman–Crippen LogP) is 3.68. The number of carboxylic acid groups (broad SMARTS) is 1. The van der Waals surface area contributed by atoms with E-state index in [1.807, 2.05) is 0 Å². The zero-order valence-electron chi connectivity index (χ0n) is 13.0. The van der Waals surface area contributed by atoms with Crippen LogP contribution in [0, 0.1) is 17.3 Å². The SMILES string of the molecule is CCCCCCNC1CCC(C(=O)O)C(C)(C)C1C. The van der Waals surface area contributed by atoms with Gasteiger partial charge in [-0.1, -0.05) is 47.0 Å². The van der Waals surface area contributed by atoms with E-state index >= 15 is 0 Å². The quantitative estimate of drug-likeness (QED) is 0.693. The van der Waals surface area contributed by atoms with E-state index < -0.39 is 5.97 Å². The summed E-state index contributed by atoms with van der Waals surface area (Å²) >= 11 is 0. The summed E-state index contributed by atoms with van der Waals surface area (Å²) < 4.78 is 0. The summed E-state index contributed by atoms with van der Waals surface area (Å²) in [5.74, 6) is -0.410. The zero-order chi connectivity index (χ0) is 14.5. The van der Waals surface area contributed by atoms with Gasteiger partial charge in [-0.15, -0.1) is 0 Å². The Labute approximate surface area is 118 Å². The first-order valence-electron chi connectivity index (χ1n) is 7.87. The highest BCUT2D eigenvalue weighted by Gasteiger charge is 2.45. The van der Waals surface area contributed by atoms with Crippen LogP contribution in [0.4, 0.5) is 0 Å². The highest BCUT2D eigenvalue weighted by molar-refractivity contribution is 5.71. The summed E-state index contributed by atoms with van der Waals surface area (Å²) in [6.45, 7) is 9.73. The summed E-state index contributed by atoms with van der Waals surface area (Å²) in [6, 6.07) is 0.479. The van der Waals surface area contributed by atoms with Crippen LogP contribution in [-0.4, -0.2) is 23.7 Å². The van der Waals surface area contributed by atoms with Gasteiger partial charge in [-0.3, -0.25) is 4.79 Å². The number of hydrogen-bond donors (Lipinski definition) is 2. The lowest BCUT2D eigenvalue weighted by Crippen LogP contribution is -2.51. The Hall–Kier alpha value is -0.570. The van der Waals surface area contributed by atoms with Crippen LogP contribution in [0.2, 0.25) is 0 Å². The first-order valence-corrected chi connectivity index (χ1v) is 7.87. The molecule has 1 saturated carbocycles. The molecule has 19 heavy (non-hydrogen) atoms. The number of nitrogens with one attached hydrogen (secondary N) is 1. The summed E-state index contributed by atoms with van der Waals surface area (Å²) in [5, 5.41) is 13.0. The molecule has 1 rings (SSSR count). The fourth-order valence-corrected chi connectivity index (χ4v) is 3.36. The minimum absolute atomic E-state index is 0.120. The Bertz CT molecular complexity index is 288. The lowest BCUT2D eigenvalue weighted by atomic mass is 9.61. The maximum Gasteiger partial charge on any atom is 0.307 e. The Morgan fingerprint density at radius 3 is 2.53 bits per heavy atom. The van der Waals surface area contributed by atoms with Crippen molar-refractivity contribution in [1.29, 1.82) is 0 Å². The largest absolute Gasteiger partial charge is 0.481 e. The van der Waals surface area contributed by atoms with E-state index in [4.69, 9.17) is 0 Å². The second kappa shape index (κ2) is 7.28. The van der Waals surface area contributed by atoms with Crippen LogP contribution in [0.5, 0.6) is 0 Å². The van der Waals surface area contributed by atoms with Crippen LogP contribution in [0.1, 0.15) is 66.2 Å². The van der Waals surface area contributed by atoms with E-state index in [0.29, 0.717) is 12.0 Å². The van der Waals surface area contributed by atoms with Gasteiger partial charge in [0.05, 0.1) is 5.92 Å². The number of carboxylic acids is 1. The van der Waals surface area contributed by atoms with Gasteiger partial charge in [0, 0.05) is 6.04 Å². The van der Waals surface area contributed by atoms with Crippen LogP contribution < -0.4 is 5.32 Å². The fraction of sp³-hybridized carbons (Fsp3) is 0.938. The normalized spacial score (nSPS) is 30.2. The van der Waals surface area contributed by atoms with Gasteiger partial charge in [0.25, 0.3) is 0 Å². The summed E-state index contributed by atoms with van der Waals surface area (Å²) in [7, 11) is 0. The van der Waals surface area contributed by atoms with Gasteiger partial charge in [0.15, 0.2) is 0 Å². The molecule has 0 aromatic carbocycles. The number of unbranched alkanes of at least 4 members (excludes halogenated alkanes) is 3. The van der Waals surface area contributed by atoms with Gasteiger partial charge in [0.1, 0.15) is 0 Å². The molecule has 0 amide bonds. The maximum atomic E-state index is 11.3. The molecule has 3 heteroatoms. The van der Waals surface area contributed by atoms with Gasteiger partial charge in [-0.05, 0) is 37.1 Å². The van der Waals surface area contributed by atoms with Crippen molar-refractivity contribution in [3.63, 3.8) is 0 Å². The number of carbonyl (C=O) groups is 1. The summed E-state index contributed by atoms with van der Waals surface area (Å²) in [4.78, 5) is 11.3. The maximum absolute atomic E-state index is 11.3. The fourth-order valence-electron chi connectivity index (χ4n) is 3.36. The van der Waals surface area contributed by atoms with Crippen molar-refractivity contribution < 1.29 is 9.90 Å². The Morgan fingerprint density at radius 2 is 1.95 bits per heavy atom. The van der Waals surface area contributed by atoms with Crippen molar-refractivity contribution in [2.45, 2.75) is 72.3 Å². The molecule has 0 bridgehead atoms. The zero-order valence-corrected chi connectivity index (χ0v) is 13.0. The number of rotatable bonds is 7. The number of hydrogen-bond acceptors (Lipinski definition) is 2. The minimum Gasteiger partial charge on any atom is -0.481 e. The first kappa shape index (κ1) is 16.5. The van der Waals surface area contributed by atoms with E-state index in [9.17, 15) is 9.90 Å². The van der Waals surface area contributed by atoms with Crippen molar-refractivity contribution in [3.05, 3.63) is 0 Å². The molecule has 1 fully saturated rings. The Kier molecular flexibility index (Phi) is 6.31. The van der Waals surface area contributed by atoms with E-state index in [1.165, 1.54) is 25.7 Å². The van der Waals surface area contributed by atoms with Crippen LogP contribution >= 0.6 is 0 Å². The Morgan fingerprint density at radius 1 is 1.26 bits per heavy atom. The average Bonchev–Trinajstić information content (AvgIpc) is 2.33. The first-order chi connectivity index (χ1) is 8.91. The van der Waals surface area contributed by atoms with Gasteiger partial charge < -0.3 is 10.4 Å². The van der Waals surface area contributed by atoms with Gasteiger partial charge in [0.2, 0.25) is 0 Å². The monoisotopic (exact) mass is 269 g/mol. The summed E-state index contributed by atoms with van der Waals surface area (Å²) in [6.07, 6.45) is 6.92. The highest BCUT2D eigenvalue weighted by atomic mass is 16.4. The third-order valence-electron chi connectivity index (χ3n) is 5.18. The van der Waals surface area contributed by atoms with Crippen molar-refractivity contribution in [2.24, 2.45) is 17.3 Å². The van der Waals surface area contributed by atoms with Crippen molar-refractivity contribution in [1.82, 2.24) is 5.32 Å². The van der Waals surface area contributed by atoms with Crippen LogP contribution in [0.3, 0.4) is 0 Å². The highest BCUT2D eigenvalue weighted by Crippen LogP contribution is 2.45. The van der Waals surface area contributed by atoms with E-state index in [-0.39, 0.29) is 11.3 Å². The molecule has 3 atom stereocenters. The van der Waals surface area contributed by atoms with Gasteiger partial charge in [-0.25, -0.2) is 0 Å². The molecule has 0 aromatic heterocycles. The second-order valence-corrected chi connectivity index (χ2v) is 6.70. The second-order valence-electron chi connectivity index (χ2n) is 6.70. The van der Waals surface area contributed by atoms with E-state index in [2.05, 4.69) is 33.0 Å². The van der Waals surface area contributed by atoms with Crippen LogP contribution in [0.25, 0.3) is 0 Å². The van der Waals surface area contributed by atoms with Crippen molar-refractivity contribution in [2.75, 3.05) is 6.54 Å². The molecule has 112 valence electrons. The van der Waals surface area contributed by atoms with Crippen molar-refractivity contribution in [3.8, 4) is 0 Å². The van der Waals surface area contributed by atoms with Crippen LogP contribution in [-0.2, 0) is 4.79 Å². The molecule has 2 N–H and O–H groups in total. The smallest absolute Gasteiger partial charge is 0.307 e. The molecule has 1 aliphatic carbocycles. The molecule has 0 radical (unpaired) electrons. The summed E-state index contributed by atoms with van der Waals surface area (Å²) in [5.41, 5.74) is -0.120.